The topological polar surface area (TPSA) is 105 Å². The van der Waals surface area contributed by atoms with Crippen LogP contribution in [0.2, 0.25) is 0 Å². The summed E-state index contributed by atoms with van der Waals surface area (Å²) in [6.45, 7) is 3.96. The number of carbonyl (C=O) groups excluding carboxylic acids is 1. The number of nitrogens with one attached hydrogen (secondary N) is 1. The normalized spacial score (nSPS) is 16.6. The molecule has 0 bridgehead atoms. The van der Waals surface area contributed by atoms with Gasteiger partial charge in [0.2, 0.25) is 5.88 Å². The van der Waals surface area contributed by atoms with Crippen LogP contribution < -0.4 is 15.0 Å². The number of carbonyl (C=O) groups is 1. The van der Waals surface area contributed by atoms with E-state index in [0.717, 1.165) is 18.2 Å². The minimum Gasteiger partial charge on any atom is -0.481 e. The Balaban J connectivity index is 1.71. The van der Waals surface area contributed by atoms with Crippen LogP contribution in [0.4, 0.5) is 10.2 Å². The molecule has 1 unspecified atom stereocenters. The Morgan fingerprint density at radius 2 is 2.27 bits per heavy atom. The van der Waals surface area contributed by atoms with E-state index in [1.165, 1.54) is 19.4 Å². The van der Waals surface area contributed by atoms with Gasteiger partial charge in [0.05, 0.1) is 32.7 Å². The third-order valence-electron chi connectivity index (χ3n) is 5.19. The lowest BCUT2D eigenvalue weighted by Gasteiger charge is -2.24. The average Bonchev–Trinajstić information content (AvgIpc) is 3.26. The molecule has 0 aromatic carbocycles. The highest BCUT2D eigenvalue weighted by atomic mass is 19.1. The van der Waals surface area contributed by atoms with Gasteiger partial charge in [0.1, 0.15) is 17.2 Å². The van der Waals surface area contributed by atoms with Gasteiger partial charge in [-0.3, -0.25) is 4.79 Å². The standard InChI is InChI=1S/C20H23FN6O3/c1-11(10-28)24-19(29)16-7-23-27-9-13-4-12(2)26(17(13)25-18(16)27)8-14-5-15(21)6-22-20(14)30-3/h5-7,9,11-12,28H,4,8,10H2,1-3H3,(H,24,29)/t11?,12-/m1/s1. The number of rotatable bonds is 6. The molecule has 0 saturated heterocycles. The highest BCUT2D eigenvalue weighted by Crippen LogP contribution is 2.33. The van der Waals surface area contributed by atoms with Gasteiger partial charge in [-0.1, -0.05) is 0 Å². The first-order valence-corrected chi connectivity index (χ1v) is 9.65. The summed E-state index contributed by atoms with van der Waals surface area (Å²) in [4.78, 5) is 23.3. The quantitative estimate of drug-likeness (QED) is 0.627. The molecule has 0 saturated carbocycles. The SMILES string of the molecule is COc1ncc(F)cc1CN1c2nc3c(C(=O)NC(C)CO)cnn3cc2C[C@H]1C. The summed E-state index contributed by atoms with van der Waals surface area (Å²) in [6, 6.07) is 1.13. The number of amides is 1. The molecule has 10 heteroatoms. The predicted molar refractivity (Wildman–Crippen MR) is 107 cm³/mol. The number of aromatic nitrogens is 4. The molecule has 3 aromatic heterocycles. The van der Waals surface area contributed by atoms with Gasteiger partial charge in [0.15, 0.2) is 5.65 Å². The maximum Gasteiger partial charge on any atom is 0.257 e. The van der Waals surface area contributed by atoms with E-state index in [1.807, 2.05) is 11.1 Å². The van der Waals surface area contributed by atoms with E-state index < -0.39 is 5.82 Å². The van der Waals surface area contributed by atoms with Crippen LogP contribution in [0.1, 0.15) is 35.3 Å². The minimum absolute atomic E-state index is 0.110. The maximum absolute atomic E-state index is 13.8. The molecule has 9 nitrogen and oxygen atoms in total. The highest BCUT2D eigenvalue weighted by Gasteiger charge is 2.30. The number of methoxy groups -OCH3 is 1. The highest BCUT2D eigenvalue weighted by molar-refractivity contribution is 6.00. The second-order valence-corrected chi connectivity index (χ2v) is 7.48. The van der Waals surface area contributed by atoms with Crippen LogP contribution in [-0.2, 0) is 13.0 Å². The second-order valence-electron chi connectivity index (χ2n) is 7.48. The summed E-state index contributed by atoms with van der Waals surface area (Å²) in [5, 5.41) is 16.2. The van der Waals surface area contributed by atoms with Crippen molar-refractivity contribution in [2.45, 2.75) is 38.9 Å². The van der Waals surface area contributed by atoms with E-state index >= 15 is 0 Å². The lowest BCUT2D eigenvalue weighted by atomic mass is 10.2. The third-order valence-corrected chi connectivity index (χ3v) is 5.19. The number of aliphatic hydroxyl groups is 1. The largest absolute Gasteiger partial charge is 0.481 e. The van der Waals surface area contributed by atoms with E-state index in [9.17, 15) is 14.3 Å². The number of ether oxygens (including phenoxy) is 1. The van der Waals surface area contributed by atoms with E-state index in [1.54, 1.807) is 11.4 Å². The molecule has 4 rings (SSSR count). The Morgan fingerprint density at radius 1 is 1.47 bits per heavy atom. The summed E-state index contributed by atoms with van der Waals surface area (Å²) in [5.74, 6) is 0.285. The molecule has 3 aromatic rings. The minimum atomic E-state index is -0.436. The van der Waals surface area contributed by atoms with Crippen molar-refractivity contribution in [2.75, 3.05) is 18.6 Å². The fourth-order valence-corrected chi connectivity index (χ4v) is 3.66. The lowest BCUT2D eigenvalue weighted by Crippen LogP contribution is -2.35. The van der Waals surface area contributed by atoms with Gasteiger partial charge in [0.25, 0.3) is 5.91 Å². The number of halogens is 1. The fraction of sp³-hybridized carbons (Fsp3) is 0.400. The molecule has 0 spiro atoms. The number of pyridine rings is 1. The second kappa shape index (κ2) is 7.86. The number of hydrogen-bond acceptors (Lipinski definition) is 7. The number of aliphatic hydroxyl groups excluding tert-OH is 1. The van der Waals surface area contributed by atoms with Crippen LogP contribution in [0, 0.1) is 5.82 Å². The van der Waals surface area contributed by atoms with Gasteiger partial charge in [0, 0.05) is 29.4 Å². The number of nitrogens with zero attached hydrogens (tertiary/aromatic N) is 5. The smallest absolute Gasteiger partial charge is 0.257 e. The molecule has 4 heterocycles. The molecule has 30 heavy (non-hydrogen) atoms. The molecule has 0 radical (unpaired) electrons. The summed E-state index contributed by atoms with van der Waals surface area (Å²) in [5.41, 5.74) is 2.33. The Hall–Kier alpha value is -3.27. The average molecular weight is 414 g/mol. The number of fused-ring (bicyclic) bond motifs is 2. The summed E-state index contributed by atoms with van der Waals surface area (Å²) >= 11 is 0. The van der Waals surface area contributed by atoms with Crippen LogP contribution >= 0.6 is 0 Å². The Morgan fingerprint density at radius 3 is 3.00 bits per heavy atom. The summed E-state index contributed by atoms with van der Waals surface area (Å²) in [6.07, 6.45) is 5.19. The Bertz CT molecular complexity index is 1100. The van der Waals surface area contributed by atoms with E-state index in [-0.39, 0.29) is 24.6 Å². The first-order valence-electron chi connectivity index (χ1n) is 9.65. The van der Waals surface area contributed by atoms with E-state index in [4.69, 9.17) is 9.72 Å². The van der Waals surface area contributed by atoms with Gasteiger partial charge >= 0.3 is 0 Å². The van der Waals surface area contributed by atoms with E-state index in [2.05, 4.69) is 22.3 Å². The molecule has 2 atom stereocenters. The molecule has 1 aliphatic heterocycles. The van der Waals surface area contributed by atoms with Crippen LogP contribution in [0.15, 0.2) is 24.7 Å². The van der Waals surface area contributed by atoms with Crippen LogP contribution in [-0.4, -0.2) is 56.4 Å². The van der Waals surface area contributed by atoms with Gasteiger partial charge in [-0.05, 0) is 26.3 Å². The van der Waals surface area contributed by atoms with Crippen LogP contribution in [0.25, 0.3) is 5.65 Å². The van der Waals surface area contributed by atoms with Crippen molar-refractivity contribution in [3.05, 3.63) is 47.2 Å². The van der Waals surface area contributed by atoms with E-state index in [0.29, 0.717) is 35.0 Å². The van der Waals surface area contributed by atoms with Crippen molar-refractivity contribution >= 4 is 17.4 Å². The van der Waals surface area contributed by atoms with Crippen LogP contribution in [0.3, 0.4) is 0 Å². The molecule has 1 amide bonds. The first kappa shape index (κ1) is 20.0. The van der Waals surface area contributed by atoms with Crippen molar-refractivity contribution in [3.8, 4) is 5.88 Å². The van der Waals surface area contributed by atoms with Crippen molar-refractivity contribution in [1.29, 1.82) is 0 Å². The third kappa shape index (κ3) is 3.54. The monoisotopic (exact) mass is 414 g/mol. The maximum atomic E-state index is 13.8. The van der Waals surface area contributed by atoms with Crippen molar-refractivity contribution in [2.24, 2.45) is 0 Å². The Labute approximate surface area is 172 Å². The molecule has 0 aliphatic carbocycles. The van der Waals surface area contributed by atoms with Crippen molar-refractivity contribution in [3.63, 3.8) is 0 Å². The molecule has 0 fully saturated rings. The van der Waals surface area contributed by atoms with Gasteiger partial charge in [-0.15, -0.1) is 0 Å². The zero-order valence-electron chi connectivity index (χ0n) is 17.0. The predicted octanol–water partition coefficient (Wildman–Crippen LogP) is 1.33. The van der Waals surface area contributed by atoms with Crippen molar-refractivity contribution < 1.29 is 19.0 Å². The zero-order chi connectivity index (χ0) is 21.4. The zero-order valence-corrected chi connectivity index (χ0v) is 17.0. The number of hydrogen-bond donors (Lipinski definition) is 2. The number of anilines is 1. The molecule has 2 N–H and O–H groups in total. The summed E-state index contributed by atoms with van der Waals surface area (Å²) < 4.78 is 20.6. The molecule has 158 valence electrons. The molecular formula is C20H23FN6O3. The first-order chi connectivity index (χ1) is 14.4. The van der Waals surface area contributed by atoms with Crippen molar-refractivity contribution in [1.82, 2.24) is 24.9 Å². The molecule has 1 aliphatic rings. The van der Waals surface area contributed by atoms with Gasteiger partial charge in [-0.2, -0.15) is 5.10 Å². The lowest BCUT2D eigenvalue weighted by molar-refractivity contribution is 0.0923. The van der Waals surface area contributed by atoms with Gasteiger partial charge in [-0.25, -0.2) is 18.9 Å². The molecular weight excluding hydrogens is 391 g/mol. The van der Waals surface area contributed by atoms with Gasteiger partial charge < -0.3 is 20.1 Å². The Kier molecular flexibility index (Phi) is 5.25. The summed E-state index contributed by atoms with van der Waals surface area (Å²) in [7, 11) is 1.50. The fourth-order valence-electron chi connectivity index (χ4n) is 3.66. The van der Waals surface area contributed by atoms with Crippen LogP contribution in [0.5, 0.6) is 5.88 Å².